The van der Waals surface area contributed by atoms with Gasteiger partial charge in [0.25, 0.3) is 5.91 Å². The van der Waals surface area contributed by atoms with Crippen molar-refractivity contribution in [3.63, 3.8) is 0 Å². The molecule has 38 heavy (non-hydrogen) atoms. The number of carbonyl (C=O) groups excluding carboxylic acids is 2. The summed E-state index contributed by atoms with van der Waals surface area (Å²) in [6.07, 6.45) is 4.81. The van der Waals surface area contributed by atoms with E-state index in [1.54, 1.807) is 0 Å². The summed E-state index contributed by atoms with van der Waals surface area (Å²) in [5, 5.41) is 9.74. The van der Waals surface area contributed by atoms with E-state index in [0.29, 0.717) is 17.6 Å². The Balaban J connectivity index is 1.61. The van der Waals surface area contributed by atoms with Crippen molar-refractivity contribution in [1.29, 1.82) is 0 Å². The third kappa shape index (κ3) is 6.51. The maximum atomic E-state index is 13.2. The fourth-order valence-corrected chi connectivity index (χ4v) is 4.91. The minimum Gasteiger partial charge on any atom is -0.350 e. The van der Waals surface area contributed by atoms with Crippen molar-refractivity contribution in [1.82, 2.24) is 20.2 Å². The van der Waals surface area contributed by atoms with Gasteiger partial charge in [0.2, 0.25) is 11.9 Å². The van der Waals surface area contributed by atoms with E-state index in [1.807, 2.05) is 31.2 Å². The summed E-state index contributed by atoms with van der Waals surface area (Å²) in [4.78, 5) is 29.8. The van der Waals surface area contributed by atoms with Crippen molar-refractivity contribution in [2.75, 3.05) is 5.32 Å². The minimum atomic E-state index is -0.172. The molecule has 2 amide bonds. The topological polar surface area (TPSA) is 88.1 Å². The number of fused-ring (bicyclic) bond motifs is 1. The predicted molar refractivity (Wildman–Crippen MR) is 154 cm³/mol. The molecule has 4 rings (SSSR count). The number of amides is 2. The summed E-state index contributed by atoms with van der Waals surface area (Å²) in [5.41, 5.74) is 4.92. The van der Waals surface area contributed by atoms with Gasteiger partial charge in [-0.3, -0.25) is 14.9 Å². The van der Waals surface area contributed by atoms with E-state index in [1.165, 1.54) is 6.08 Å². The van der Waals surface area contributed by atoms with Crippen LogP contribution in [0.3, 0.4) is 0 Å². The normalized spacial score (nSPS) is 18.7. The molecule has 3 N–H and O–H groups in total. The van der Waals surface area contributed by atoms with Crippen LogP contribution in [0.2, 0.25) is 0 Å². The lowest BCUT2D eigenvalue weighted by Crippen LogP contribution is -2.37. The van der Waals surface area contributed by atoms with Crippen LogP contribution < -0.4 is 16.0 Å². The van der Waals surface area contributed by atoms with Crippen LogP contribution in [0.5, 0.6) is 0 Å². The van der Waals surface area contributed by atoms with Gasteiger partial charge >= 0.3 is 0 Å². The third-order valence-corrected chi connectivity index (χ3v) is 7.80. The molecule has 0 aliphatic heterocycles. The molecular formula is C31H41N5O2. The molecule has 202 valence electrons. The Bertz CT molecular complexity index is 1290. The Morgan fingerprint density at radius 3 is 2.42 bits per heavy atom. The molecule has 0 saturated heterocycles. The second-order valence-electron chi connectivity index (χ2n) is 11.6. The van der Waals surface area contributed by atoms with Gasteiger partial charge in [0.05, 0.1) is 11.0 Å². The predicted octanol–water partition coefficient (Wildman–Crippen LogP) is 5.91. The summed E-state index contributed by atoms with van der Waals surface area (Å²) in [5.74, 6) is 0.265. The molecule has 1 aliphatic rings. The fourth-order valence-electron chi connectivity index (χ4n) is 4.91. The lowest BCUT2D eigenvalue weighted by atomic mass is 9.88. The molecule has 7 nitrogen and oxygen atoms in total. The van der Waals surface area contributed by atoms with E-state index in [4.69, 9.17) is 4.98 Å². The number of aromatic nitrogens is 2. The summed E-state index contributed by atoms with van der Waals surface area (Å²) in [7, 11) is 0. The van der Waals surface area contributed by atoms with Crippen LogP contribution in [-0.4, -0.2) is 33.4 Å². The summed E-state index contributed by atoms with van der Waals surface area (Å²) < 4.78 is 2.18. The van der Waals surface area contributed by atoms with Gasteiger partial charge in [-0.2, -0.15) is 0 Å². The van der Waals surface area contributed by atoms with E-state index in [2.05, 4.69) is 73.0 Å². The van der Waals surface area contributed by atoms with Crippen molar-refractivity contribution in [3.05, 3.63) is 71.8 Å². The number of hydrogen-bond donors (Lipinski definition) is 3. The Morgan fingerprint density at radius 2 is 1.79 bits per heavy atom. The van der Waals surface area contributed by atoms with Gasteiger partial charge in [0, 0.05) is 30.2 Å². The highest BCUT2D eigenvalue weighted by Crippen LogP contribution is 2.35. The first kappa shape index (κ1) is 27.6. The highest BCUT2D eigenvalue weighted by atomic mass is 16.2. The molecule has 1 heterocycles. The molecule has 1 aromatic heterocycles. The molecule has 0 spiro atoms. The molecule has 0 radical (unpaired) electrons. The summed E-state index contributed by atoms with van der Waals surface area (Å²) >= 11 is 0. The molecular weight excluding hydrogens is 474 g/mol. The average Bonchev–Trinajstić information content (AvgIpc) is 3.24. The van der Waals surface area contributed by atoms with Crippen molar-refractivity contribution in [3.8, 4) is 0 Å². The van der Waals surface area contributed by atoms with Crippen LogP contribution in [0.1, 0.15) is 80.9 Å². The number of imidazole rings is 1. The van der Waals surface area contributed by atoms with Gasteiger partial charge < -0.3 is 15.2 Å². The fraction of sp³-hybridized carbons (Fsp3) is 0.452. The van der Waals surface area contributed by atoms with Gasteiger partial charge in [0.15, 0.2) is 0 Å². The van der Waals surface area contributed by atoms with E-state index >= 15 is 0 Å². The molecule has 7 heteroatoms. The van der Waals surface area contributed by atoms with Crippen LogP contribution in [0.4, 0.5) is 5.95 Å². The Hall–Kier alpha value is -3.45. The Morgan fingerprint density at radius 1 is 1.11 bits per heavy atom. The van der Waals surface area contributed by atoms with E-state index in [0.717, 1.165) is 54.4 Å². The minimum absolute atomic E-state index is 0.130. The molecule has 0 unspecified atom stereocenters. The number of nitrogens with zero attached hydrogens (tertiary/aromatic N) is 2. The Labute approximate surface area is 226 Å². The third-order valence-electron chi connectivity index (χ3n) is 7.80. The second-order valence-corrected chi connectivity index (χ2v) is 11.6. The van der Waals surface area contributed by atoms with Crippen LogP contribution in [0.15, 0.2) is 55.1 Å². The first-order chi connectivity index (χ1) is 18.0. The van der Waals surface area contributed by atoms with Crippen molar-refractivity contribution >= 4 is 28.8 Å². The molecule has 1 fully saturated rings. The first-order valence-corrected chi connectivity index (χ1v) is 13.6. The molecule has 1 atom stereocenters. The number of benzene rings is 2. The highest BCUT2D eigenvalue weighted by molar-refractivity contribution is 6.04. The Kier molecular flexibility index (Phi) is 8.36. The molecule has 1 aliphatic carbocycles. The van der Waals surface area contributed by atoms with Crippen LogP contribution in [0, 0.1) is 12.3 Å². The summed E-state index contributed by atoms with van der Waals surface area (Å²) in [6.45, 7) is 15.2. The number of aryl methyl sites for hydroxylation is 1. The standard InChI is InChI=1S/C31H41N5O2/c1-7-28(37)33-24-13-15-25(16-14-24)36-27-17-10-22(19-32-21(3)31(4,5)6)18-26(27)34-30(36)35-29(38)23-11-8-20(2)9-12-23/h7-12,17-18,21,24-25,32H,1,13-16,19H2,2-6H3,(H,33,37)(H,34,35,38)/t21-,24?,25?/m0/s1. The number of hydrogen-bond acceptors (Lipinski definition) is 4. The lowest BCUT2D eigenvalue weighted by molar-refractivity contribution is -0.117. The number of carbonyl (C=O) groups is 2. The number of anilines is 1. The van der Waals surface area contributed by atoms with Gasteiger partial charge in [-0.15, -0.1) is 0 Å². The zero-order valence-electron chi connectivity index (χ0n) is 23.3. The second kappa shape index (κ2) is 11.5. The summed E-state index contributed by atoms with van der Waals surface area (Å²) in [6, 6.07) is 14.6. The van der Waals surface area contributed by atoms with Gasteiger partial charge in [-0.1, -0.05) is 51.1 Å². The molecule has 0 bridgehead atoms. The SMILES string of the molecule is C=CC(=O)NC1CCC(n2c(NC(=O)c3ccc(C)cc3)nc3cc(CN[C@@H](C)C(C)(C)C)ccc32)CC1. The van der Waals surface area contributed by atoms with Gasteiger partial charge in [0.1, 0.15) is 0 Å². The lowest BCUT2D eigenvalue weighted by Gasteiger charge is -2.31. The van der Waals surface area contributed by atoms with Gasteiger partial charge in [-0.05, 0) is 80.9 Å². The van der Waals surface area contributed by atoms with Crippen LogP contribution in [0.25, 0.3) is 11.0 Å². The average molecular weight is 516 g/mol. The largest absolute Gasteiger partial charge is 0.350 e. The molecule has 2 aromatic carbocycles. The van der Waals surface area contributed by atoms with E-state index < -0.39 is 0 Å². The zero-order valence-corrected chi connectivity index (χ0v) is 23.3. The van der Waals surface area contributed by atoms with Crippen LogP contribution in [-0.2, 0) is 11.3 Å². The van der Waals surface area contributed by atoms with Gasteiger partial charge in [-0.25, -0.2) is 4.98 Å². The molecule has 3 aromatic rings. The number of rotatable bonds is 8. The van der Waals surface area contributed by atoms with Crippen molar-refractivity contribution in [2.45, 2.75) is 85.0 Å². The smallest absolute Gasteiger partial charge is 0.257 e. The highest BCUT2D eigenvalue weighted by Gasteiger charge is 2.27. The van der Waals surface area contributed by atoms with Crippen LogP contribution >= 0.6 is 0 Å². The zero-order chi connectivity index (χ0) is 27.4. The number of nitrogens with one attached hydrogen (secondary N) is 3. The monoisotopic (exact) mass is 515 g/mol. The first-order valence-electron chi connectivity index (χ1n) is 13.6. The van der Waals surface area contributed by atoms with Crippen molar-refractivity contribution < 1.29 is 9.59 Å². The molecule has 1 saturated carbocycles. The van der Waals surface area contributed by atoms with E-state index in [-0.39, 0.29) is 29.3 Å². The maximum absolute atomic E-state index is 13.2. The van der Waals surface area contributed by atoms with Crippen molar-refractivity contribution in [2.24, 2.45) is 5.41 Å². The maximum Gasteiger partial charge on any atom is 0.257 e. The van der Waals surface area contributed by atoms with E-state index in [9.17, 15) is 9.59 Å². The quantitative estimate of drug-likeness (QED) is 0.326.